The Morgan fingerprint density at radius 2 is 1.95 bits per heavy atom. The third-order valence-electron chi connectivity index (χ3n) is 3.71. The molecule has 1 aliphatic heterocycles. The van der Waals surface area contributed by atoms with Gasteiger partial charge >= 0.3 is 6.18 Å². The van der Waals surface area contributed by atoms with Crippen LogP contribution in [0.1, 0.15) is 25.3 Å². The minimum Gasteiger partial charge on any atom is -0.328 e. The van der Waals surface area contributed by atoms with Crippen molar-refractivity contribution in [3.05, 3.63) is 29.6 Å². The lowest BCUT2D eigenvalue weighted by Crippen LogP contribution is -2.48. The summed E-state index contributed by atoms with van der Waals surface area (Å²) in [5, 5.41) is 0. The van der Waals surface area contributed by atoms with E-state index in [1.165, 1.54) is 0 Å². The number of piperidine rings is 1. The molecule has 0 spiro atoms. The van der Waals surface area contributed by atoms with Crippen molar-refractivity contribution in [2.24, 2.45) is 5.73 Å². The number of benzene rings is 1. The Morgan fingerprint density at radius 3 is 2.50 bits per heavy atom. The van der Waals surface area contributed by atoms with Gasteiger partial charge in [-0.2, -0.15) is 17.5 Å². The van der Waals surface area contributed by atoms with Crippen LogP contribution in [0.25, 0.3) is 0 Å². The topological polar surface area (TPSA) is 63.4 Å². The maximum atomic E-state index is 13.3. The number of rotatable bonds is 2. The summed E-state index contributed by atoms with van der Waals surface area (Å²) in [7, 11) is -4.12. The van der Waals surface area contributed by atoms with Crippen molar-refractivity contribution in [1.29, 1.82) is 0 Å². The van der Waals surface area contributed by atoms with E-state index in [2.05, 4.69) is 0 Å². The lowest BCUT2D eigenvalue weighted by Gasteiger charge is -2.35. The first kappa shape index (κ1) is 17.2. The molecule has 0 saturated carbocycles. The van der Waals surface area contributed by atoms with Gasteiger partial charge in [0.2, 0.25) is 10.0 Å². The van der Waals surface area contributed by atoms with Crippen LogP contribution in [-0.4, -0.2) is 31.4 Å². The van der Waals surface area contributed by atoms with Gasteiger partial charge in [0.15, 0.2) is 0 Å². The van der Waals surface area contributed by atoms with E-state index in [9.17, 15) is 26.0 Å². The van der Waals surface area contributed by atoms with Crippen molar-refractivity contribution in [2.45, 2.75) is 42.9 Å². The Bertz CT molecular complexity index is 660. The van der Waals surface area contributed by atoms with Gasteiger partial charge in [0, 0.05) is 18.6 Å². The lowest BCUT2D eigenvalue weighted by atomic mass is 10.0. The maximum Gasteiger partial charge on any atom is 0.419 e. The van der Waals surface area contributed by atoms with Crippen molar-refractivity contribution >= 4 is 10.0 Å². The zero-order chi connectivity index (χ0) is 16.7. The Balaban J connectivity index is 2.42. The molecule has 1 heterocycles. The fraction of sp³-hybridized carbons (Fsp3) is 0.538. The van der Waals surface area contributed by atoms with Crippen LogP contribution in [0.5, 0.6) is 0 Å². The molecule has 0 unspecified atom stereocenters. The van der Waals surface area contributed by atoms with E-state index in [-0.39, 0.29) is 12.6 Å². The van der Waals surface area contributed by atoms with Gasteiger partial charge in [-0.3, -0.25) is 0 Å². The van der Waals surface area contributed by atoms with Gasteiger partial charge in [-0.05, 0) is 38.0 Å². The third-order valence-corrected chi connectivity index (χ3v) is 5.72. The number of hydrogen-bond donors (Lipinski definition) is 1. The molecule has 0 aliphatic carbocycles. The number of hydrogen-bond acceptors (Lipinski definition) is 3. The second kappa shape index (κ2) is 5.78. The highest BCUT2D eigenvalue weighted by molar-refractivity contribution is 7.89. The molecule has 1 fully saturated rings. The molecule has 1 aromatic rings. The molecule has 0 amide bonds. The van der Waals surface area contributed by atoms with E-state index in [1.54, 1.807) is 6.92 Å². The molecule has 1 aromatic carbocycles. The number of halogens is 4. The largest absolute Gasteiger partial charge is 0.419 e. The summed E-state index contributed by atoms with van der Waals surface area (Å²) in [5.74, 6) is -1.50. The Morgan fingerprint density at radius 1 is 1.32 bits per heavy atom. The average molecular weight is 340 g/mol. The number of nitrogens with two attached hydrogens (primary N) is 1. The molecule has 0 radical (unpaired) electrons. The van der Waals surface area contributed by atoms with E-state index >= 15 is 0 Å². The fourth-order valence-corrected chi connectivity index (χ4v) is 4.24. The van der Waals surface area contributed by atoms with Gasteiger partial charge in [0.1, 0.15) is 5.82 Å². The highest BCUT2D eigenvalue weighted by atomic mass is 32.2. The van der Waals surface area contributed by atoms with Crippen LogP contribution < -0.4 is 5.73 Å². The van der Waals surface area contributed by atoms with Crippen molar-refractivity contribution in [1.82, 2.24) is 4.31 Å². The average Bonchev–Trinajstić information content (AvgIpc) is 2.36. The van der Waals surface area contributed by atoms with Gasteiger partial charge < -0.3 is 5.73 Å². The van der Waals surface area contributed by atoms with Crippen molar-refractivity contribution in [2.75, 3.05) is 6.54 Å². The van der Waals surface area contributed by atoms with Gasteiger partial charge in [-0.1, -0.05) is 0 Å². The van der Waals surface area contributed by atoms with Crippen molar-refractivity contribution in [3.8, 4) is 0 Å². The van der Waals surface area contributed by atoms with Crippen LogP contribution in [0.2, 0.25) is 0 Å². The van der Waals surface area contributed by atoms with E-state index in [0.29, 0.717) is 25.0 Å². The molecule has 0 aromatic heterocycles. The molecule has 2 N–H and O–H groups in total. The van der Waals surface area contributed by atoms with Crippen LogP contribution in [0, 0.1) is 5.82 Å². The molecule has 124 valence electrons. The smallest absolute Gasteiger partial charge is 0.328 e. The predicted molar refractivity (Wildman–Crippen MR) is 72.0 cm³/mol. The Labute approximate surface area is 126 Å². The standard InChI is InChI=1S/C13H16F4N2O2S/c1-8-6-9(18)4-5-19(8)22(20,21)10-2-3-12(14)11(7-10)13(15,16)17/h2-3,7-9H,4-6,18H2,1H3/t8-,9+/m1/s1. The monoisotopic (exact) mass is 340 g/mol. The predicted octanol–water partition coefficient (Wildman–Crippen LogP) is 2.34. The molecule has 1 saturated heterocycles. The van der Waals surface area contributed by atoms with Crippen molar-refractivity contribution in [3.63, 3.8) is 0 Å². The zero-order valence-electron chi connectivity index (χ0n) is 11.8. The highest BCUT2D eigenvalue weighted by Crippen LogP contribution is 2.34. The number of sulfonamides is 1. The molecular formula is C13H16F4N2O2S. The van der Waals surface area contributed by atoms with E-state index < -0.39 is 38.5 Å². The summed E-state index contributed by atoms with van der Waals surface area (Å²) in [4.78, 5) is -0.566. The lowest BCUT2D eigenvalue weighted by molar-refractivity contribution is -0.140. The van der Waals surface area contributed by atoms with E-state index in [0.717, 1.165) is 10.4 Å². The molecule has 2 rings (SSSR count). The minimum absolute atomic E-state index is 0.128. The molecular weight excluding hydrogens is 324 g/mol. The van der Waals surface area contributed by atoms with Crippen LogP contribution in [-0.2, 0) is 16.2 Å². The second-order valence-corrected chi connectivity index (χ2v) is 7.28. The summed E-state index contributed by atoms with van der Waals surface area (Å²) in [6.45, 7) is 1.77. The maximum absolute atomic E-state index is 13.3. The summed E-state index contributed by atoms with van der Waals surface area (Å²) in [6, 6.07) is 1.15. The Kier molecular flexibility index (Phi) is 4.51. The molecule has 22 heavy (non-hydrogen) atoms. The molecule has 9 heteroatoms. The quantitative estimate of drug-likeness (QED) is 0.841. The number of nitrogens with zero attached hydrogens (tertiary/aromatic N) is 1. The van der Waals surface area contributed by atoms with Gasteiger partial charge in [0.05, 0.1) is 10.5 Å². The van der Waals surface area contributed by atoms with Crippen LogP contribution >= 0.6 is 0 Å². The van der Waals surface area contributed by atoms with Crippen molar-refractivity contribution < 1.29 is 26.0 Å². The molecule has 0 bridgehead atoms. The molecule has 2 atom stereocenters. The van der Waals surface area contributed by atoms with Gasteiger partial charge in [-0.15, -0.1) is 0 Å². The molecule has 1 aliphatic rings. The second-order valence-electron chi connectivity index (χ2n) is 5.39. The van der Waals surface area contributed by atoms with Crippen LogP contribution in [0.3, 0.4) is 0 Å². The summed E-state index contributed by atoms with van der Waals surface area (Å²) in [6.07, 6.45) is -4.10. The fourth-order valence-electron chi connectivity index (χ4n) is 2.56. The van der Waals surface area contributed by atoms with Gasteiger partial charge in [-0.25, -0.2) is 12.8 Å². The highest BCUT2D eigenvalue weighted by Gasteiger charge is 2.38. The van der Waals surface area contributed by atoms with Crippen LogP contribution in [0.15, 0.2) is 23.1 Å². The normalized spacial score (nSPS) is 24.5. The summed E-state index contributed by atoms with van der Waals surface area (Å²) >= 11 is 0. The SMILES string of the molecule is C[C@@H]1C[C@@H](N)CCN1S(=O)(=O)c1ccc(F)c(C(F)(F)F)c1. The first-order valence-corrected chi connectivity index (χ1v) is 8.11. The van der Waals surface area contributed by atoms with Gasteiger partial charge in [0.25, 0.3) is 0 Å². The summed E-state index contributed by atoms with van der Waals surface area (Å²) < 4.78 is 77.5. The third kappa shape index (κ3) is 3.26. The number of alkyl halides is 3. The first-order valence-electron chi connectivity index (χ1n) is 6.67. The minimum atomic E-state index is -4.95. The van der Waals surface area contributed by atoms with Crippen LogP contribution in [0.4, 0.5) is 17.6 Å². The van der Waals surface area contributed by atoms with E-state index in [4.69, 9.17) is 5.73 Å². The Hall–Kier alpha value is -1.19. The molecule has 4 nitrogen and oxygen atoms in total. The van der Waals surface area contributed by atoms with E-state index in [1.807, 2.05) is 0 Å². The first-order chi connectivity index (χ1) is 10.0. The summed E-state index contributed by atoms with van der Waals surface area (Å²) in [5.41, 5.74) is 4.16. The zero-order valence-corrected chi connectivity index (χ0v) is 12.6.